The van der Waals surface area contributed by atoms with Crippen molar-refractivity contribution in [3.8, 4) is 0 Å². The van der Waals surface area contributed by atoms with E-state index in [2.05, 4.69) is 20.8 Å². The Morgan fingerprint density at radius 2 is 1.62 bits per heavy atom. The highest BCUT2D eigenvalue weighted by atomic mass is 35.5. The molecule has 2 heterocycles. The zero-order chi connectivity index (χ0) is 18.7. The van der Waals surface area contributed by atoms with Gasteiger partial charge in [0, 0.05) is 18.5 Å². The fraction of sp³-hybridized carbons (Fsp3) is 0.0588. The highest BCUT2D eigenvalue weighted by molar-refractivity contribution is 6.40. The van der Waals surface area contributed by atoms with Crippen LogP contribution in [0.15, 0.2) is 47.2 Å². The summed E-state index contributed by atoms with van der Waals surface area (Å²) in [6.07, 6.45) is 2.67. The number of para-hydroxylation sites is 1. The molecule has 132 valence electrons. The number of carbonyl (C=O) groups is 2. The van der Waals surface area contributed by atoms with Crippen LogP contribution < -0.4 is 10.6 Å². The third-order valence-corrected chi connectivity index (χ3v) is 3.96. The number of pyridine rings is 1. The van der Waals surface area contributed by atoms with Crippen molar-refractivity contribution >= 4 is 46.5 Å². The molecule has 26 heavy (non-hydrogen) atoms. The van der Waals surface area contributed by atoms with Crippen LogP contribution in [0.4, 0.5) is 11.5 Å². The molecule has 0 unspecified atom stereocenters. The summed E-state index contributed by atoms with van der Waals surface area (Å²) in [5.41, 5.74) is 0.641. The third kappa shape index (κ3) is 4.01. The molecule has 0 aliphatic rings. The summed E-state index contributed by atoms with van der Waals surface area (Å²) in [6, 6.07) is 7.84. The van der Waals surface area contributed by atoms with Gasteiger partial charge in [-0.3, -0.25) is 14.6 Å². The van der Waals surface area contributed by atoms with Crippen molar-refractivity contribution in [1.82, 2.24) is 10.1 Å². The first-order valence-corrected chi connectivity index (χ1v) is 8.14. The van der Waals surface area contributed by atoms with Gasteiger partial charge in [-0.1, -0.05) is 34.4 Å². The van der Waals surface area contributed by atoms with E-state index in [-0.39, 0.29) is 22.6 Å². The molecule has 0 atom stereocenters. The summed E-state index contributed by atoms with van der Waals surface area (Å²) in [7, 11) is 0. The van der Waals surface area contributed by atoms with Crippen molar-refractivity contribution in [3.05, 3.63) is 69.7 Å². The van der Waals surface area contributed by atoms with Crippen molar-refractivity contribution in [2.75, 3.05) is 10.6 Å². The minimum Gasteiger partial charge on any atom is -0.360 e. The van der Waals surface area contributed by atoms with E-state index in [1.165, 1.54) is 18.5 Å². The molecule has 3 rings (SSSR count). The maximum Gasteiger partial charge on any atom is 0.258 e. The van der Waals surface area contributed by atoms with Crippen LogP contribution >= 0.6 is 23.2 Å². The van der Waals surface area contributed by atoms with Gasteiger partial charge in [-0.15, -0.1) is 0 Å². The largest absolute Gasteiger partial charge is 0.360 e. The van der Waals surface area contributed by atoms with Gasteiger partial charge in [0.1, 0.15) is 5.76 Å². The molecule has 7 nitrogen and oxygen atoms in total. The second kappa shape index (κ2) is 7.55. The Morgan fingerprint density at radius 1 is 1.00 bits per heavy atom. The van der Waals surface area contributed by atoms with Crippen LogP contribution in [0, 0.1) is 6.92 Å². The lowest BCUT2D eigenvalue weighted by Crippen LogP contribution is -2.16. The smallest absolute Gasteiger partial charge is 0.258 e. The normalized spacial score (nSPS) is 10.4. The number of nitrogens with one attached hydrogen (secondary N) is 2. The van der Waals surface area contributed by atoms with E-state index in [1.807, 2.05) is 0 Å². The van der Waals surface area contributed by atoms with Crippen molar-refractivity contribution in [1.29, 1.82) is 0 Å². The fourth-order valence-corrected chi connectivity index (χ4v) is 2.60. The molecule has 0 radical (unpaired) electrons. The quantitative estimate of drug-likeness (QED) is 0.695. The number of halogens is 2. The Labute approximate surface area is 158 Å². The van der Waals surface area contributed by atoms with E-state index in [9.17, 15) is 9.59 Å². The summed E-state index contributed by atoms with van der Waals surface area (Å²) >= 11 is 12.1. The van der Waals surface area contributed by atoms with Gasteiger partial charge in [0.15, 0.2) is 5.82 Å². The van der Waals surface area contributed by atoms with Gasteiger partial charge in [0.25, 0.3) is 11.8 Å². The van der Waals surface area contributed by atoms with Crippen molar-refractivity contribution in [2.45, 2.75) is 6.92 Å². The van der Waals surface area contributed by atoms with Crippen LogP contribution in [0.2, 0.25) is 10.0 Å². The number of nitrogens with zero attached hydrogens (tertiary/aromatic N) is 2. The highest BCUT2D eigenvalue weighted by Gasteiger charge is 2.15. The summed E-state index contributed by atoms with van der Waals surface area (Å²) in [5.74, 6) is -0.149. The second-order valence-electron chi connectivity index (χ2n) is 5.29. The van der Waals surface area contributed by atoms with Gasteiger partial charge >= 0.3 is 0 Å². The lowest BCUT2D eigenvalue weighted by Gasteiger charge is -2.09. The summed E-state index contributed by atoms with van der Waals surface area (Å²) in [6.45, 7) is 1.70. The minimum absolute atomic E-state index is 0.171. The van der Waals surface area contributed by atoms with E-state index in [0.29, 0.717) is 15.8 Å². The van der Waals surface area contributed by atoms with Gasteiger partial charge in [-0.25, -0.2) is 0 Å². The number of hydrogen-bond acceptors (Lipinski definition) is 5. The van der Waals surface area contributed by atoms with Crippen LogP contribution in [0.25, 0.3) is 0 Å². The molecule has 2 N–H and O–H groups in total. The first-order valence-electron chi connectivity index (χ1n) is 7.39. The Morgan fingerprint density at radius 3 is 2.19 bits per heavy atom. The molecule has 0 bridgehead atoms. The standard InChI is InChI=1S/C17H12Cl2N4O3/c1-9-5-14(23-26-9)21-16(24)10-6-11(8-20-7-10)17(25)22-15-12(18)3-2-4-13(15)19/h2-8H,1H3,(H,22,25)(H,21,23,24). The van der Waals surface area contributed by atoms with Crippen LogP contribution in [0.5, 0.6) is 0 Å². The molecule has 0 fully saturated rings. The van der Waals surface area contributed by atoms with E-state index in [4.69, 9.17) is 27.7 Å². The van der Waals surface area contributed by atoms with E-state index >= 15 is 0 Å². The molecule has 2 amide bonds. The number of carbonyl (C=O) groups excluding carboxylic acids is 2. The van der Waals surface area contributed by atoms with E-state index in [1.54, 1.807) is 31.2 Å². The summed E-state index contributed by atoms with van der Waals surface area (Å²) in [5, 5.41) is 9.45. The summed E-state index contributed by atoms with van der Waals surface area (Å²) < 4.78 is 4.88. The number of amides is 2. The first-order chi connectivity index (χ1) is 12.4. The number of aryl methyl sites for hydroxylation is 1. The third-order valence-electron chi connectivity index (χ3n) is 3.33. The van der Waals surface area contributed by atoms with Gasteiger partial charge in [0.05, 0.1) is 26.9 Å². The van der Waals surface area contributed by atoms with Crippen LogP contribution in [0.1, 0.15) is 26.5 Å². The molecule has 0 saturated carbocycles. The minimum atomic E-state index is -0.501. The molecule has 9 heteroatoms. The predicted molar refractivity (Wildman–Crippen MR) is 97.8 cm³/mol. The Bertz CT molecular complexity index is 967. The number of anilines is 2. The van der Waals surface area contributed by atoms with Crippen molar-refractivity contribution < 1.29 is 14.1 Å². The van der Waals surface area contributed by atoms with Gasteiger partial charge < -0.3 is 15.2 Å². The monoisotopic (exact) mass is 390 g/mol. The zero-order valence-electron chi connectivity index (χ0n) is 13.4. The average molecular weight is 391 g/mol. The molecule has 0 aliphatic carbocycles. The first kappa shape index (κ1) is 17.9. The van der Waals surface area contributed by atoms with Gasteiger partial charge in [-0.05, 0) is 25.1 Å². The molecule has 2 aromatic heterocycles. The SMILES string of the molecule is Cc1cc(NC(=O)c2cncc(C(=O)Nc3c(Cl)cccc3Cl)c2)no1. The highest BCUT2D eigenvalue weighted by Crippen LogP contribution is 2.30. The fourth-order valence-electron chi connectivity index (χ4n) is 2.11. The lowest BCUT2D eigenvalue weighted by atomic mass is 10.2. The molecule has 0 spiro atoms. The van der Waals surface area contributed by atoms with Crippen molar-refractivity contribution in [3.63, 3.8) is 0 Å². The maximum absolute atomic E-state index is 12.4. The molecular formula is C17H12Cl2N4O3. The zero-order valence-corrected chi connectivity index (χ0v) is 14.9. The van der Waals surface area contributed by atoms with Crippen LogP contribution in [-0.2, 0) is 0 Å². The van der Waals surface area contributed by atoms with E-state index < -0.39 is 11.8 Å². The molecular weight excluding hydrogens is 379 g/mol. The molecule has 3 aromatic rings. The maximum atomic E-state index is 12.4. The number of benzene rings is 1. The number of rotatable bonds is 4. The molecule has 0 saturated heterocycles. The number of hydrogen-bond donors (Lipinski definition) is 2. The molecule has 1 aromatic carbocycles. The predicted octanol–water partition coefficient (Wildman–Crippen LogP) is 4.19. The Kier molecular flexibility index (Phi) is 5.20. The molecule has 0 aliphatic heterocycles. The number of aromatic nitrogens is 2. The van der Waals surface area contributed by atoms with Crippen LogP contribution in [-0.4, -0.2) is 22.0 Å². The van der Waals surface area contributed by atoms with Crippen molar-refractivity contribution in [2.24, 2.45) is 0 Å². The van der Waals surface area contributed by atoms with Crippen LogP contribution in [0.3, 0.4) is 0 Å². The lowest BCUT2D eigenvalue weighted by molar-refractivity contribution is 0.102. The van der Waals surface area contributed by atoms with Gasteiger partial charge in [-0.2, -0.15) is 0 Å². The van der Waals surface area contributed by atoms with E-state index in [0.717, 1.165) is 0 Å². The second-order valence-corrected chi connectivity index (χ2v) is 6.10. The Balaban J connectivity index is 1.78. The topological polar surface area (TPSA) is 97.1 Å². The Hall–Kier alpha value is -2.90. The average Bonchev–Trinajstić information content (AvgIpc) is 3.03. The van der Waals surface area contributed by atoms with Gasteiger partial charge in [0.2, 0.25) is 0 Å². The summed E-state index contributed by atoms with van der Waals surface area (Å²) in [4.78, 5) is 28.6.